The number of nitrogens with zero attached hydrogens (tertiary/aromatic N) is 2. The standard InChI is InChI=1S/C14H23N3/c1-13-3-5-14(6-4-13)17-11-9-16(10-12-17)8-2-7-15/h3-6H,2,7-12,15H2,1H3. The molecule has 0 aliphatic carbocycles. The Balaban J connectivity index is 1.84. The Hall–Kier alpha value is -1.06. The van der Waals surface area contributed by atoms with Crippen molar-refractivity contribution in [1.82, 2.24) is 4.90 Å². The molecule has 94 valence electrons. The molecular weight excluding hydrogens is 210 g/mol. The lowest BCUT2D eigenvalue weighted by atomic mass is 10.2. The number of hydrogen-bond donors (Lipinski definition) is 1. The smallest absolute Gasteiger partial charge is 0.0367 e. The summed E-state index contributed by atoms with van der Waals surface area (Å²) in [7, 11) is 0. The third-order valence-electron chi connectivity index (χ3n) is 3.45. The molecule has 1 aromatic rings. The summed E-state index contributed by atoms with van der Waals surface area (Å²) in [4.78, 5) is 4.98. The van der Waals surface area contributed by atoms with Gasteiger partial charge in [-0.1, -0.05) is 17.7 Å². The molecule has 2 rings (SSSR count). The van der Waals surface area contributed by atoms with Gasteiger partial charge in [0.15, 0.2) is 0 Å². The summed E-state index contributed by atoms with van der Waals surface area (Å²) in [5.41, 5.74) is 8.23. The van der Waals surface area contributed by atoms with Crippen LogP contribution in [-0.2, 0) is 0 Å². The first kappa shape index (κ1) is 12.4. The number of hydrogen-bond acceptors (Lipinski definition) is 3. The Morgan fingerprint density at radius 3 is 2.29 bits per heavy atom. The van der Waals surface area contributed by atoms with Crippen LogP contribution in [0.25, 0.3) is 0 Å². The minimum atomic E-state index is 0.804. The van der Waals surface area contributed by atoms with Gasteiger partial charge in [-0.15, -0.1) is 0 Å². The van der Waals surface area contributed by atoms with Crippen LogP contribution in [0.15, 0.2) is 24.3 Å². The molecule has 0 aromatic heterocycles. The van der Waals surface area contributed by atoms with Crippen molar-refractivity contribution in [2.75, 3.05) is 44.2 Å². The third kappa shape index (κ3) is 3.45. The first-order valence-electron chi connectivity index (χ1n) is 6.53. The zero-order valence-corrected chi connectivity index (χ0v) is 10.7. The van der Waals surface area contributed by atoms with E-state index in [9.17, 15) is 0 Å². The lowest BCUT2D eigenvalue weighted by Gasteiger charge is -2.36. The molecule has 0 unspecified atom stereocenters. The van der Waals surface area contributed by atoms with Gasteiger partial charge < -0.3 is 10.6 Å². The number of piperazine rings is 1. The van der Waals surface area contributed by atoms with Gasteiger partial charge in [-0.3, -0.25) is 4.90 Å². The van der Waals surface area contributed by atoms with E-state index in [1.807, 2.05) is 0 Å². The Morgan fingerprint density at radius 1 is 1.06 bits per heavy atom. The van der Waals surface area contributed by atoms with Crippen molar-refractivity contribution in [3.05, 3.63) is 29.8 Å². The van der Waals surface area contributed by atoms with E-state index in [4.69, 9.17) is 5.73 Å². The number of aryl methyl sites for hydroxylation is 1. The molecule has 1 heterocycles. The monoisotopic (exact) mass is 233 g/mol. The highest BCUT2D eigenvalue weighted by Crippen LogP contribution is 2.16. The quantitative estimate of drug-likeness (QED) is 0.854. The number of benzene rings is 1. The van der Waals surface area contributed by atoms with Crippen molar-refractivity contribution >= 4 is 5.69 Å². The topological polar surface area (TPSA) is 32.5 Å². The lowest BCUT2D eigenvalue weighted by Crippen LogP contribution is -2.46. The molecule has 1 aliphatic heterocycles. The molecule has 2 N–H and O–H groups in total. The van der Waals surface area contributed by atoms with Gasteiger partial charge in [-0.2, -0.15) is 0 Å². The van der Waals surface area contributed by atoms with Crippen LogP contribution in [0.5, 0.6) is 0 Å². The SMILES string of the molecule is Cc1ccc(N2CCN(CCCN)CC2)cc1. The van der Waals surface area contributed by atoms with Crippen LogP contribution in [0.3, 0.4) is 0 Å². The number of nitrogens with two attached hydrogens (primary N) is 1. The first-order valence-corrected chi connectivity index (χ1v) is 6.53. The molecule has 0 saturated carbocycles. The summed E-state index contributed by atoms with van der Waals surface area (Å²) in [6, 6.07) is 8.84. The Kier molecular flexibility index (Phi) is 4.40. The van der Waals surface area contributed by atoms with E-state index < -0.39 is 0 Å². The fourth-order valence-corrected chi connectivity index (χ4v) is 2.30. The molecule has 3 nitrogen and oxygen atoms in total. The average molecular weight is 233 g/mol. The lowest BCUT2D eigenvalue weighted by molar-refractivity contribution is 0.256. The molecule has 17 heavy (non-hydrogen) atoms. The van der Waals surface area contributed by atoms with Gasteiger partial charge in [-0.25, -0.2) is 0 Å². The van der Waals surface area contributed by atoms with Crippen molar-refractivity contribution in [1.29, 1.82) is 0 Å². The normalized spacial score (nSPS) is 17.4. The van der Waals surface area contributed by atoms with Crippen molar-refractivity contribution in [3.8, 4) is 0 Å². The molecule has 0 radical (unpaired) electrons. The van der Waals surface area contributed by atoms with E-state index in [1.54, 1.807) is 0 Å². The molecule has 0 bridgehead atoms. The summed E-state index contributed by atoms with van der Waals surface area (Å²) < 4.78 is 0. The van der Waals surface area contributed by atoms with Crippen molar-refractivity contribution in [2.45, 2.75) is 13.3 Å². The summed E-state index contributed by atoms with van der Waals surface area (Å²) >= 11 is 0. The van der Waals surface area contributed by atoms with E-state index in [0.29, 0.717) is 0 Å². The molecule has 0 spiro atoms. The second-order valence-electron chi connectivity index (χ2n) is 4.81. The van der Waals surface area contributed by atoms with E-state index in [1.165, 1.54) is 11.3 Å². The second-order valence-corrected chi connectivity index (χ2v) is 4.81. The second kappa shape index (κ2) is 6.03. The van der Waals surface area contributed by atoms with Crippen LogP contribution in [-0.4, -0.2) is 44.2 Å². The highest BCUT2D eigenvalue weighted by Gasteiger charge is 2.16. The van der Waals surface area contributed by atoms with Crippen molar-refractivity contribution in [2.24, 2.45) is 5.73 Å². The van der Waals surface area contributed by atoms with Crippen LogP contribution in [0.4, 0.5) is 5.69 Å². The van der Waals surface area contributed by atoms with E-state index in [0.717, 1.165) is 45.7 Å². The van der Waals surface area contributed by atoms with Gasteiger partial charge in [0.2, 0.25) is 0 Å². The van der Waals surface area contributed by atoms with E-state index >= 15 is 0 Å². The fraction of sp³-hybridized carbons (Fsp3) is 0.571. The van der Waals surface area contributed by atoms with E-state index in [2.05, 4.69) is 41.0 Å². The predicted octanol–water partition coefficient (Wildman–Crippen LogP) is 1.47. The van der Waals surface area contributed by atoms with Crippen molar-refractivity contribution < 1.29 is 0 Å². The largest absolute Gasteiger partial charge is 0.369 e. The molecule has 0 atom stereocenters. The summed E-state index contributed by atoms with van der Waals surface area (Å²) in [5, 5.41) is 0. The van der Waals surface area contributed by atoms with Crippen LogP contribution in [0, 0.1) is 6.92 Å². The van der Waals surface area contributed by atoms with Crippen LogP contribution in [0.1, 0.15) is 12.0 Å². The molecule has 1 aromatic carbocycles. The van der Waals surface area contributed by atoms with Crippen LogP contribution in [0.2, 0.25) is 0 Å². The molecule has 0 amide bonds. The molecule has 1 saturated heterocycles. The highest BCUT2D eigenvalue weighted by atomic mass is 15.3. The van der Waals surface area contributed by atoms with Crippen molar-refractivity contribution in [3.63, 3.8) is 0 Å². The van der Waals surface area contributed by atoms with Gasteiger partial charge in [0.25, 0.3) is 0 Å². The highest BCUT2D eigenvalue weighted by molar-refractivity contribution is 5.47. The molecule has 1 aliphatic rings. The van der Waals surface area contributed by atoms with E-state index in [-0.39, 0.29) is 0 Å². The summed E-state index contributed by atoms with van der Waals surface area (Å²) in [6.07, 6.45) is 1.12. The number of rotatable bonds is 4. The Morgan fingerprint density at radius 2 is 1.71 bits per heavy atom. The minimum absolute atomic E-state index is 0.804. The summed E-state index contributed by atoms with van der Waals surface area (Å²) in [5.74, 6) is 0. The Labute approximate surface area is 104 Å². The van der Waals surface area contributed by atoms with Crippen LogP contribution >= 0.6 is 0 Å². The van der Waals surface area contributed by atoms with Gasteiger partial charge in [0.1, 0.15) is 0 Å². The average Bonchev–Trinajstić information content (AvgIpc) is 2.38. The molecule has 3 heteroatoms. The van der Waals surface area contributed by atoms with Gasteiger partial charge in [-0.05, 0) is 38.6 Å². The van der Waals surface area contributed by atoms with Gasteiger partial charge in [0, 0.05) is 31.9 Å². The zero-order valence-electron chi connectivity index (χ0n) is 10.7. The van der Waals surface area contributed by atoms with Gasteiger partial charge in [0.05, 0.1) is 0 Å². The maximum absolute atomic E-state index is 5.54. The molecular formula is C14H23N3. The number of anilines is 1. The molecule has 1 fully saturated rings. The maximum Gasteiger partial charge on any atom is 0.0367 e. The Bertz CT molecular complexity index is 326. The predicted molar refractivity (Wildman–Crippen MR) is 73.5 cm³/mol. The fourth-order valence-electron chi connectivity index (χ4n) is 2.30. The summed E-state index contributed by atoms with van der Waals surface area (Å²) in [6.45, 7) is 8.67. The third-order valence-corrected chi connectivity index (χ3v) is 3.45. The first-order chi connectivity index (χ1) is 8.29. The van der Waals surface area contributed by atoms with Gasteiger partial charge >= 0.3 is 0 Å². The minimum Gasteiger partial charge on any atom is -0.369 e. The zero-order chi connectivity index (χ0) is 12.1. The van der Waals surface area contributed by atoms with Crippen LogP contribution < -0.4 is 10.6 Å². The maximum atomic E-state index is 5.54.